The molecule has 0 aliphatic heterocycles. The number of hydrogen-bond donors (Lipinski definition) is 2. The van der Waals surface area contributed by atoms with Gasteiger partial charge in [0.2, 0.25) is 0 Å². The lowest BCUT2D eigenvalue weighted by molar-refractivity contribution is 0.108. The summed E-state index contributed by atoms with van der Waals surface area (Å²) in [6.07, 6.45) is 24.5. The van der Waals surface area contributed by atoms with Crippen LogP contribution in [-0.4, -0.2) is 34.0 Å². The molecule has 35 heavy (non-hydrogen) atoms. The maximum atomic E-state index is 12.1. The molecule has 0 saturated carbocycles. The van der Waals surface area contributed by atoms with E-state index in [-0.39, 0.29) is 0 Å². The summed E-state index contributed by atoms with van der Waals surface area (Å²) >= 11 is 0. The van der Waals surface area contributed by atoms with E-state index in [1.165, 1.54) is 103 Å². The van der Waals surface area contributed by atoms with Crippen LogP contribution in [-0.2, 0) is 18.8 Å². The van der Waals surface area contributed by atoms with E-state index in [1.54, 1.807) is 13.8 Å². The Kier molecular flexibility index (Phi) is 25.3. The van der Waals surface area contributed by atoms with Crippen molar-refractivity contribution in [2.45, 2.75) is 169 Å². The third-order valence-corrected chi connectivity index (χ3v) is 7.50. The maximum absolute atomic E-state index is 12.1. The van der Waals surface area contributed by atoms with Crippen LogP contribution in [0, 0.1) is 0 Å². The smallest absolute Gasteiger partial charge is 0.291 e. The van der Waals surface area contributed by atoms with Crippen molar-refractivity contribution in [2.75, 3.05) is 13.1 Å². The van der Waals surface area contributed by atoms with E-state index in [0.29, 0.717) is 0 Å². The van der Waals surface area contributed by atoms with Gasteiger partial charge in [0.05, 0.1) is 0 Å². The minimum atomic E-state index is -4.03. The fourth-order valence-corrected chi connectivity index (χ4v) is 5.17. The average Bonchev–Trinajstić information content (AvgIpc) is 2.80. The first-order chi connectivity index (χ1) is 16.9. The number of nitrogens with one attached hydrogen (secondary N) is 2. The summed E-state index contributed by atoms with van der Waals surface area (Å²) in [6.45, 7) is 9.42. The van der Waals surface area contributed by atoms with Crippen LogP contribution < -0.4 is 10.6 Å². The normalized spacial score (nSPS) is 13.8. The molecule has 0 aromatic rings. The summed E-state index contributed by atoms with van der Waals surface area (Å²) < 4.78 is 34.5. The molecule has 0 fully saturated rings. The van der Waals surface area contributed by atoms with Gasteiger partial charge in [0.25, 0.3) is 0 Å². The highest BCUT2D eigenvalue weighted by atomic mass is 32.3. The van der Waals surface area contributed by atoms with Gasteiger partial charge in [-0.15, -0.1) is 0 Å². The molecule has 0 radical (unpaired) electrons. The largest absolute Gasteiger partial charge is 0.402 e. The Morgan fingerprint density at radius 2 is 0.743 bits per heavy atom. The second-order valence-corrected chi connectivity index (χ2v) is 11.4. The van der Waals surface area contributed by atoms with Crippen LogP contribution in [0.1, 0.15) is 156 Å². The molecule has 0 saturated heterocycles. The molecule has 0 heterocycles. The third kappa shape index (κ3) is 26.7. The van der Waals surface area contributed by atoms with Gasteiger partial charge >= 0.3 is 10.4 Å². The molecule has 0 aliphatic rings. The summed E-state index contributed by atoms with van der Waals surface area (Å²) in [4.78, 5) is 0. The van der Waals surface area contributed by atoms with Crippen LogP contribution in [0.3, 0.4) is 0 Å². The quantitative estimate of drug-likeness (QED) is 0.0804. The Balaban J connectivity index is 3.61. The highest BCUT2D eigenvalue weighted by Gasteiger charge is 2.20. The molecule has 2 atom stereocenters. The fraction of sp³-hybridized carbons (Fsp3) is 1.00. The summed E-state index contributed by atoms with van der Waals surface area (Å²) in [7, 11) is -4.03. The van der Waals surface area contributed by atoms with Gasteiger partial charge in [-0.3, -0.25) is 10.6 Å². The molecule has 0 aromatic heterocycles. The number of rotatable bonds is 28. The van der Waals surface area contributed by atoms with Crippen LogP contribution in [0.15, 0.2) is 0 Å². The van der Waals surface area contributed by atoms with Crippen LogP contribution in [0.4, 0.5) is 0 Å². The summed E-state index contributed by atoms with van der Waals surface area (Å²) in [5.41, 5.74) is 0. The number of unbranched alkanes of at least 4 members (excludes halogenated alkanes) is 18. The fourth-order valence-electron chi connectivity index (χ4n) is 4.28. The predicted octanol–water partition coefficient (Wildman–Crippen LogP) is 7.98. The molecule has 6 nitrogen and oxygen atoms in total. The topological polar surface area (TPSA) is 76.7 Å². The Morgan fingerprint density at radius 3 is 1.03 bits per heavy atom. The molecule has 0 spiro atoms. The summed E-state index contributed by atoms with van der Waals surface area (Å²) in [6, 6.07) is 0. The lowest BCUT2D eigenvalue weighted by atomic mass is 10.1. The van der Waals surface area contributed by atoms with Gasteiger partial charge in [0.15, 0.2) is 0 Å². The first kappa shape index (κ1) is 34.8. The van der Waals surface area contributed by atoms with Gasteiger partial charge < -0.3 is 0 Å². The molecule has 2 N–H and O–H groups in total. The van der Waals surface area contributed by atoms with Crippen molar-refractivity contribution in [3.63, 3.8) is 0 Å². The van der Waals surface area contributed by atoms with Crippen LogP contribution in [0.2, 0.25) is 0 Å². The van der Waals surface area contributed by atoms with Crippen LogP contribution in [0.5, 0.6) is 0 Å². The zero-order valence-corrected chi connectivity index (χ0v) is 24.6. The van der Waals surface area contributed by atoms with Gasteiger partial charge in [0, 0.05) is 0 Å². The number of hydrogen-bond acceptors (Lipinski definition) is 6. The van der Waals surface area contributed by atoms with Gasteiger partial charge in [-0.25, -0.2) is 8.37 Å². The predicted molar refractivity (Wildman–Crippen MR) is 150 cm³/mol. The standard InChI is InChI=1S/C28H60N2O4S/c1-5-7-9-11-13-15-17-19-21-23-25-29-27(3)33-35(31,32)34-28(4)30-26-24-22-20-18-16-14-12-10-8-6-2/h27-30H,5-26H2,1-4H3. The SMILES string of the molecule is CCCCCCCCCCCCNC(C)OS(=O)(=O)OC(C)NCCCCCCCCCCCC. The Labute approximate surface area is 219 Å². The third-order valence-electron chi connectivity index (χ3n) is 6.45. The minimum Gasteiger partial charge on any atom is -0.291 e. The van der Waals surface area contributed by atoms with Crippen molar-refractivity contribution in [2.24, 2.45) is 0 Å². The molecule has 0 aliphatic carbocycles. The Hall–Kier alpha value is -0.210. The molecule has 0 bridgehead atoms. The molecule has 2 unspecified atom stereocenters. The van der Waals surface area contributed by atoms with Crippen molar-refractivity contribution in [3.05, 3.63) is 0 Å². The van der Waals surface area contributed by atoms with Crippen LogP contribution in [0.25, 0.3) is 0 Å². The molecule has 0 rings (SSSR count). The lowest BCUT2D eigenvalue weighted by Gasteiger charge is -2.18. The van der Waals surface area contributed by atoms with E-state index in [9.17, 15) is 8.42 Å². The van der Waals surface area contributed by atoms with Crippen molar-refractivity contribution in [1.82, 2.24) is 10.6 Å². The summed E-state index contributed by atoms with van der Waals surface area (Å²) in [5.74, 6) is 0. The van der Waals surface area contributed by atoms with Gasteiger partial charge in [0.1, 0.15) is 12.5 Å². The summed E-state index contributed by atoms with van der Waals surface area (Å²) in [5, 5.41) is 6.25. The first-order valence-corrected chi connectivity index (χ1v) is 16.3. The second kappa shape index (κ2) is 25.4. The van der Waals surface area contributed by atoms with Gasteiger partial charge in [-0.1, -0.05) is 129 Å². The average molecular weight is 521 g/mol. The van der Waals surface area contributed by atoms with Gasteiger partial charge in [-0.2, -0.15) is 8.42 Å². The molecule has 0 aromatic carbocycles. The highest BCUT2D eigenvalue weighted by molar-refractivity contribution is 7.81. The molecular formula is C28H60N2O4S. The zero-order chi connectivity index (χ0) is 26.0. The van der Waals surface area contributed by atoms with E-state index in [0.717, 1.165) is 38.8 Å². The monoisotopic (exact) mass is 520 g/mol. The van der Waals surface area contributed by atoms with Crippen molar-refractivity contribution in [3.8, 4) is 0 Å². The van der Waals surface area contributed by atoms with E-state index in [4.69, 9.17) is 8.37 Å². The Morgan fingerprint density at radius 1 is 0.486 bits per heavy atom. The second-order valence-electron chi connectivity index (χ2n) is 10.2. The first-order valence-electron chi connectivity index (χ1n) is 15.0. The molecular weight excluding hydrogens is 460 g/mol. The molecule has 0 amide bonds. The van der Waals surface area contributed by atoms with E-state index >= 15 is 0 Å². The molecule has 7 heteroatoms. The lowest BCUT2D eigenvalue weighted by Crippen LogP contribution is -2.36. The van der Waals surface area contributed by atoms with E-state index in [2.05, 4.69) is 24.5 Å². The van der Waals surface area contributed by atoms with Gasteiger partial charge in [-0.05, 0) is 39.8 Å². The Bertz CT molecular complexity index is 491. The van der Waals surface area contributed by atoms with Crippen molar-refractivity contribution < 1.29 is 16.8 Å². The van der Waals surface area contributed by atoms with Crippen LogP contribution >= 0.6 is 0 Å². The van der Waals surface area contributed by atoms with Crippen molar-refractivity contribution in [1.29, 1.82) is 0 Å². The van der Waals surface area contributed by atoms with E-state index < -0.39 is 22.9 Å². The van der Waals surface area contributed by atoms with E-state index in [1.807, 2.05) is 0 Å². The highest BCUT2D eigenvalue weighted by Crippen LogP contribution is 2.12. The molecule has 212 valence electrons. The van der Waals surface area contributed by atoms with Crippen molar-refractivity contribution >= 4 is 10.4 Å². The zero-order valence-electron chi connectivity index (χ0n) is 23.8. The minimum absolute atomic E-state index is 0.590. The maximum Gasteiger partial charge on any atom is 0.402 e.